The van der Waals surface area contributed by atoms with E-state index in [-0.39, 0.29) is 5.57 Å². The Hall–Kier alpha value is -3.28. The van der Waals surface area contributed by atoms with E-state index in [0.717, 1.165) is 10.6 Å². The standard InChI is InChI=1S/C22H24N2O4/c1-14(2)13-28-18-11-5-15(6-12-18)19-20(25)22(27)24(21(19)26)17-9-7-16(8-10-17)23(3)4/h5-12,14,25H,13H2,1-4H3. The number of carbonyl (C=O) groups is 2. The summed E-state index contributed by atoms with van der Waals surface area (Å²) in [5.41, 5.74) is 1.83. The largest absolute Gasteiger partial charge is 0.502 e. The molecule has 0 radical (unpaired) electrons. The SMILES string of the molecule is CC(C)COc1ccc(C2=C(O)C(=O)N(c3ccc(N(C)C)cc3)C2=O)cc1. The van der Waals surface area contributed by atoms with Crippen LogP contribution in [0.1, 0.15) is 19.4 Å². The molecule has 0 saturated heterocycles. The summed E-state index contributed by atoms with van der Waals surface area (Å²) in [4.78, 5) is 28.3. The van der Waals surface area contributed by atoms with Crippen LogP contribution >= 0.6 is 0 Å². The van der Waals surface area contributed by atoms with Gasteiger partial charge in [0, 0.05) is 19.8 Å². The summed E-state index contributed by atoms with van der Waals surface area (Å²) < 4.78 is 5.64. The summed E-state index contributed by atoms with van der Waals surface area (Å²) in [5.74, 6) is -0.746. The zero-order chi connectivity index (χ0) is 20.4. The van der Waals surface area contributed by atoms with Crippen LogP contribution in [0.15, 0.2) is 54.3 Å². The van der Waals surface area contributed by atoms with Crippen LogP contribution in [0.2, 0.25) is 0 Å². The van der Waals surface area contributed by atoms with Gasteiger partial charge in [-0.15, -0.1) is 0 Å². The van der Waals surface area contributed by atoms with Crippen molar-refractivity contribution in [2.45, 2.75) is 13.8 Å². The van der Waals surface area contributed by atoms with Crippen molar-refractivity contribution in [1.29, 1.82) is 0 Å². The van der Waals surface area contributed by atoms with E-state index in [1.807, 2.05) is 31.1 Å². The molecule has 1 aliphatic rings. The van der Waals surface area contributed by atoms with Gasteiger partial charge in [-0.05, 0) is 47.9 Å². The molecule has 0 unspecified atom stereocenters. The van der Waals surface area contributed by atoms with Crippen LogP contribution in [0.3, 0.4) is 0 Å². The average Bonchev–Trinajstić information content (AvgIpc) is 2.89. The third kappa shape index (κ3) is 3.71. The number of hydrogen-bond donors (Lipinski definition) is 1. The molecule has 1 heterocycles. The summed E-state index contributed by atoms with van der Waals surface area (Å²) in [6.45, 7) is 4.70. The van der Waals surface area contributed by atoms with E-state index in [0.29, 0.717) is 29.5 Å². The molecule has 0 fully saturated rings. The number of nitrogens with zero attached hydrogens (tertiary/aromatic N) is 2. The maximum atomic E-state index is 12.9. The second-order valence-corrected chi connectivity index (χ2v) is 7.31. The number of amides is 2. The molecule has 2 aromatic rings. The molecule has 0 aromatic heterocycles. The zero-order valence-electron chi connectivity index (χ0n) is 16.5. The van der Waals surface area contributed by atoms with Crippen molar-refractivity contribution in [2.75, 3.05) is 30.5 Å². The summed E-state index contributed by atoms with van der Waals surface area (Å²) in [5, 5.41) is 10.3. The highest BCUT2D eigenvalue weighted by Crippen LogP contribution is 2.33. The van der Waals surface area contributed by atoms with Crippen molar-refractivity contribution in [3.8, 4) is 5.75 Å². The van der Waals surface area contributed by atoms with Crippen LogP contribution < -0.4 is 14.5 Å². The number of aliphatic hydroxyl groups is 1. The van der Waals surface area contributed by atoms with Gasteiger partial charge in [0.1, 0.15) is 5.75 Å². The predicted octanol–water partition coefficient (Wildman–Crippen LogP) is 3.63. The molecule has 0 saturated carbocycles. The van der Waals surface area contributed by atoms with Crippen LogP contribution in [0.25, 0.3) is 5.57 Å². The van der Waals surface area contributed by atoms with Gasteiger partial charge < -0.3 is 14.7 Å². The highest BCUT2D eigenvalue weighted by molar-refractivity contribution is 6.44. The van der Waals surface area contributed by atoms with Crippen molar-refractivity contribution in [3.63, 3.8) is 0 Å². The predicted molar refractivity (Wildman–Crippen MR) is 110 cm³/mol. The average molecular weight is 380 g/mol. The second-order valence-electron chi connectivity index (χ2n) is 7.31. The maximum absolute atomic E-state index is 12.9. The Morgan fingerprint density at radius 2 is 1.57 bits per heavy atom. The fourth-order valence-corrected chi connectivity index (χ4v) is 2.89. The van der Waals surface area contributed by atoms with Gasteiger partial charge in [-0.2, -0.15) is 0 Å². The lowest BCUT2D eigenvalue weighted by atomic mass is 10.1. The first-order valence-electron chi connectivity index (χ1n) is 9.12. The quantitative estimate of drug-likeness (QED) is 0.775. The third-order valence-corrected chi connectivity index (χ3v) is 4.41. The minimum absolute atomic E-state index is 0.00269. The topological polar surface area (TPSA) is 70.1 Å². The summed E-state index contributed by atoms with van der Waals surface area (Å²) in [7, 11) is 3.81. The Morgan fingerprint density at radius 3 is 2.11 bits per heavy atom. The minimum Gasteiger partial charge on any atom is -0.502 e. The van der Waals surface area contributed by atoms with Crippen LogP contribution in [0.4, 0.5) is 11.4 Å². The lowest BCUT2D eigenvalue weighted by Gasteiger charge is -2.17. The molecule has 1 N–H and O–H groups in total. The Balaban J connectivity index is 1.85. The van der Waals surface area contributed by atoms with Gasteiger partial charge in [0.05, 0.1) is 17.9 Å². The van der Waals surface area contributed by atoms with Crippen molar-refractivity contribution in [1.82, 2.24) is 0 Å². The van der Waals surface area contributed by atoms with E-state index in [4.69, 9.17) is 4.74 Å². The molecule has 0 spiro atoms. The molecule has 28 heavy (non-hydrogen) atoms. The molecule has 6 heteroatoms. The van der Waals surface area contributed by atoms with Crippen molar-refractivity contribution in [3.05, 3.63) is 59.9 Å². The Bertz CT molecular complexity index is 913. The number of anilines is 2. The van der Waals surface area contributed by atoms with Crippen LogP contribution in [0.5, 0.6) is 5.75 Å². The Kier molecular flexibility index (Phi) is 5.40. The first kappa shape index (κ1) is 19.5. The molecule has 0 aliphatic carbocycles. The molecule has 146 valence electrons. The van der Waals surface area contributed by atoms with E-state index in [2.05, 4.69) is 13.8 Å². The molecule has 2 aromatic carbocycles. The Labute approximate surface area is 164 Å². The smallest absolute Gasteiger partial charge is 0.301 e. The fraction of sp³-hybridized carbons (Fsp3) is 0.273. The van der Waals surface area contributed by atoms with Gasteiger partial charge in [0.25, 0.3) is 5.91 Å². The molecule has 3 rings (SSSR count). The summed E-state index contributed by atoms with van der Waals surface area (Å²) in [6.07, 6.45) is 0. The molecular weight excluding hydrogens is 356 g/mol. The maximum Gasteiger partial charge on any atom is 0.301 e. The lowest BCUT2D eigenvalue weighted by Crippen LogP contribution is -2.31. The van der Waals surface area contributed by atoms with Crippen molar-refractivity contribution >= 4 is 28.8 Å². The van der Waals surface area contributed by atoms with E-state index < -0.39 is 17.6 Å². The summed E-state index contributed by atoms with van der Waals surface area (Å²) in [6, 6.07) is 13.8. The molecule has 2 amide bonds. The van der Waals surface area contributed by atoms with Crippen molar-refractivity contribution < 1.29 is 19.4 Å². The van der Waals surface area contributed by atoms with Gasteiger partial charge in [-0.3, -0.25) is 9.59 Å². The normalized spacial score (nSPS) is 14.2. The van der Waals surface area contributed by atoms with Gasteiger partial charge in [0.2, 0.25) is 0 Å². The molecule has 1 aliphatic heterocycles. The number of imide groups is 1. The van der Waals surface area contributed by atoms with Gasteiger partial charge in [-0.25, -0.2) is 4.90 Å². The number of carbonyl (C=O) groups excluding carboxylic acids is 2. The van der Waals surface area contributed by atoms with E-state index in [1.54, 1.807) is 36.4 Å². The lowest BCUT2D eigenvalue weighted by molar-refractivity contribution is -0.121. The number of rotatable bonds is 6. The van der Waals surface area contributed by atoms with Crippen LogP contribution in [0, 0.1) is 5.92 Å². The number of hydrogen-bond acceptors (Lipinski definition) is 5. The highest BCUT2D eigenvalue weighted by Gasteiger charge is 2.40. The molecular formula is C22H24N2O4. The Morgan fingerprint density at radius 1 is 0.964 bits per heavy atom. The van der Waals surface area contributed by atoms with E-state index >= 15 is 0 Å². The first-order chi connectivity index (χ1) is 13.3. The number of ether oxygens (including phenoxy) is 1. The van der Waals surface area contributed by atoms with Crippen LogP contribution in [-0.2, 0) is 9.59 Å². The van der Waals surface area contributed by atoms with Gasteiger partial charge >= 0.3 is 5.91 Å². The zero-order valence-corrected chi connectivity index (χ0v) is 16.5. The highest BCUT2D eigenvalue weighted by atomic mass is 16.5. The minimum atomic E-state index is -0.724. The van der Waals surface area contributed by atoms with Crippen LogP contribution in [-0.4, -0.2) is 37.6 Å². The monoisotopic (exact) mass is 380 g/mol. The van der Waals surface area contributed by atoms with Gasteiger partial charge in [0.15, 0.2) is 5.76 Å². The van der Waals surface area contributed by atoms with Crippen molar-refractivity contribution in [2.24, 2.45) is 5.92 Å². The number of aliphatic hydroxyl groups excluding tert-OH is 1. The van der Waals surface area contributed by atoms with Gasteiger partial charge in [-0.1, -0.05) is 26.0 Å². The third-order valence-electron chi connectivity index (χ3n) is 4.41. The van der Waals surface area contributed by atoms with E-state index in [1.165, 1.54) is 0 Å². The molecule has 0 atom stereocenters. The second kappa shape index (κ2) is 7.76. The summed E-state index contributed by atoms with van der Waals surface area (Å²) >= 11 is 0. The molecule has 6 nitrogen and oxygen atoms in total. The molecule has 0 bridgehead atoms. The number of benzene rings is 2. The fourth-order valence-electron chi connectivity index (χ4n) is 2.89. The first-order valence-corrected chi connectivity index (χ1v) is 9.12. The van der Waals surface area contributed by atoms with E-state index in [9.17, 15) is 14.7 Å².